The summed E-state index contributed by atoms with van der Waals surface area (Å²) in [6, 6.07) is 21.5. The van der Waals surface area contributed by atoms with Crippen LogP contribution in [-0.2, 0) is 29.0 Å². The number of benzene rings is 3. The number of amides is 1. The van der Waals surface area contributed by atoms with Crippen molar-refractivity contribution >= 4 is 27.3 Å². The molecule has 6 rings (SSSR count). The number of hydrogen-bond acceptors (Lipinski definition) is 6. The minimum absolute atomic E-state index is 0.00304. The van der Waals surface area contributed by atoms with Crippen LogP contribution in [-0.4, -0.2) is 37.8 Å². The second-order valence-corrected chi connectivity index (χ2v) is 12.2. The molecule has 1 amide bonds. The van der Waals surface area contributed by atoms with E-state index < -0.39 is 0 Å². The van der Waals surface area contributed by atoms with Crippen LogP contribution < -0.4 is 15.4 Å². The molecule has 0 atom stereocenters. The number of carbonyl (C=O) groups excluding carboxylic acids is 1. The topological polar surface area (TPSA) is 72.5 Å². The Morgan fingerprint density at radius 3 is 2.73 bits per heavy atom. The molecule has 1 aliphatic heterocycles. The number of pyridine rings is 1. The van der Waals surface area contributed by atoms with Gasteiger partial charge in [-0.05, 0) is 65.4 Å². The second kappa shape index (κ2) is 13.3. The van der Waals surface area contributed by atoms with E-state index in [4.69, 9.17) is 14.5 Å². The van der Waals surface area contributed by atoms with Gasteiger partial charge in [0.25, 0.3) is 0 Å². The third-order valence-electron chi connectivity index (χ3n) is 7.92. The van der Waals surface area contributed by atoms with E-state index in [-0.39, 0.29) is 24.2 Å². The molecule has 0 saturated heterocycles. The summed E-state index contributed by atoms with van der Waals surface area (Å²) >= 11 is 1.64. The number of nitrogens with one attached hydrogen (secondary N) is 2. The highest BCUT2D eigenvalue weighted by molar-refractivity contribution is 7.18. The Bertz CT molecular complexity index is 1820. The maximum Gasteiger partial charge on any atom is 0.222 e. The molecule has 0 aliphatic carbocycles. The third kappa shape index (κ3) is 6.24. The number of aromatic nitrogens is 1. The molecule has 1 aliphatic rings. The fourth-order valence-electron chi connectivity index (χ4n) is 5.61. The van der Waals surface area contributed by atoms with Crippen LogP contribution in [0, 0.1) is 11.7 Å². The molecule has 0 spiro atoms. The number of carbonyl (C=O) groups is 1. The van der Waals surface area contributed by atoms with Gasteiger partial charge in [-0.15, -0.1) is 11.3 Å². The van der Waals surface area contributed by atoms with E-state index in [1.807, 2.05) is 32.0 Å². The number of hydrogen-bond donors (Lipinski definition) is 2. The number of ether oxygens (including phenoxy) is 2. The highest BCUT2D eigenvalue weighted by Gasteiger charge is 2.23. The molecule has 0 radical (unpaired) electrons. The van der Waals surface area contributed by atoms with Gasteiger partial charge in [0.2, 0.25) is 5.91 Å². The van der Waals surface area contributed by atoms with E-state index >= 15 is 0 Å². The van der Waals surface area contributed by atoms with E-state index in [1.54, 1.807) is 24.5 Å². The van der Waals surface area contributed by atoms with Crippen LogP contribution in [0.3, 0.4) is 0 Å². The van der Waals surface area contributed by atoms with Crippen LogP contribution in [0.2, 0.25) is 0 Å². The number of fused-ring (bicyclic) bond motifs is 2. The summed E-state index contributed by atoms with van der Waals surface area (Å²) in [4.78, 5) is 17.7. The molecule has 0 fully saturated rings. The highest BCUT2D eigenvalue weighted by atomic mass is 32.1. The smallest absolute Gasteiger partial charge is 0.222 e. The molecule has 5 aromatic rings. The zero-order chi connectivity index (χ0) is 30.6. The maximum atomic E-state index is 14.6. The number of nitrogens with zero attached hydrogens (tertiary/aromatic N) is 1. The van der Waals surface area contributed by atoms with Gasteiger partial charge in [0, 0.05) is 64.5 Å². The molecular formula is C36H36FN3O3S. The molecule has 0 bridgehead atoms. The summed E-state index contributed by atoms with van der Waals surface area (Å²) in [7, 11) is 1.61. The lowest BCUT2D eigenvalue weighted by molar-refractivity contribution is -0.124. The van der Waals surface area contributed by atoms with Crippen molar-refractivity contribution in [3.8, 4) is 39.4 Å². The SMILES string of the molecule is COCCOc1cc(F)ccc1-c1c(-c2cccc(CNC(=O)C(C)C)c2)nc(-c2ccc3c(c2)CCNC3)c2ccsc12. The molecule has 3 aromatic carbocycles. The zero-order valence-corrected chi connectivity index (χ0v) is 26.0. The molecule has 3 heterocycles. The monoisotopic (exact) mass is 609 g/mol. The van der Waals surface area contributed by atoms with Gasteiger partial charge in [-0.3, -0.25) is 4.79 Å². The molecular weight excluding hydrogens is 573 g/mol. The van der Waals surface area contributed by atoms with Crippen molar-refractivity contribution in [1.29, 1.82) is 0 Å². The van der Waals surface area contributed by atoms with E-state index in [1.165, 1.54) is 23.3 Å². The molecule has 8 heteroatoms. The lowest BCUT2D eigenvalue weighted by atomic mass is 9.93. The first-order valence-corrected chi connectivity index (χ1v) is 15.8. The minimum atomic E-state index is -0.374. The Morgan fingerprint density at radius 1 is 1.02 bits per heavy atom. The van der Waals surface area contributed by atoms with E-state index in [2.05, 4.69) is 46.3 Å². The van der Waals surface area contributed by atoms with Crippen molar-refractivity contribution < 1.29 is 18.7 Å². The number of halogens is 1. The Kier molecular flexibility index (Phi) is 9.02. The molecule has 44 heavy (non-hydrogen) atoms. The summed E-state index contributed by atoms with van der Waals surface area (Å²) < 4.78 is 26.9. The van der Waals surface area contributed by atoms with Gasteiger partial charge in [0.1, 0.15) is 18.2 Å². The first-order valence-electron chi connectivity index (χ1n) is 15.0. The van der Waals surface area contributed by atoms with Crippen molar-refractivity contribution in [3.63, 3.8) is 0 Å². The standard InChI is InChI=1S/C36H36FN3O3S/c1-22(2)36(41)39-20-23-5-4-6-25(17-23)34-32(29-10-9-28(37)19-31(29)43-15-14-42-3)35-30(12-16-44-35)33(40-34)26-7-8-27-21-38-13-11-24(27)18-26/h4-10,12,16-19,22,38H,11,13-15,20-21H2,1-3H3,(H,39,41). The molecule has 0 unspecified atom stereocenters. The molecule has 0 saturated carbocycles. The van der Waals surface area contributed by atoms with Crippen molar-refractivity contribution in [2.45, 2.75) is 33.4 Å². The van der Waals surface area contributed by atoms with Crippen molar-refractivity contribution in [3.05, 3.63) is 94.6 Å². The summed E-state index contributed by atoms with van der Waals surface area (Å²) in [6.45, 7) is 6.67. The minimum Gasteiger partial charge on any atom is -0.490 e. The van der Waals surface area contributed by atoms with Crippen LogP contribution in [0.25, 0.3) is 43.7 Å². The molecule has 226 valence electrons. The average Bonchev–Trinajstić information content (AvgIpc) is 3.53. The van der Waals surface area contributed by atoms with Gasteiger partial charge in [0.05, 0.1) is 18.0 Å². The van der Waals surface area contributed by atoms with Crippen LogP contribution in [0.15, 0.2) is 72.1 Å². The highest BCUT2D eigenvalue weighted by Crippen LogP contribution is 2.46. The third-order valence-corrected chi connectivity index (χ3v) is 8.86. The van der Waals surface area contributed by atoms with Gasteiger partial charge < -0.3 is 20.1 Å². The predicted molar refractivity (Wildman–Crippen MR) is 175 cm³/mol. The summed E-state index contributed by atoms with van der Waals surface area (Å²) in [5, 5.41) is 9.59. The quantitative estimate of drug-likeness (QED) is 0.162. The zero-order valence-electron chi connectivity index (χ0n) is 25.2. The van der Waals surface area contributed by atoms with E-state index in [9.17, 15) is 9.18 Å². The van der Waals surface area contributed by atoms with Crippen LogP contribution in [0.5, 0.6) is 5.75 Å². The fraction of sp³-hybridized carbons (Fsp3) is 0.278. The van der Waals surface area contributed by atoms with Gasteiger partial charge in [-0.2, -0.15) is 0 Å². The Hall–Kier alpha value is -4.11. The normalized spacial score (nSPS) is 12.8. The van der Waals surface area contributed by atoms with Gasteiger partial charge in [0.15, 0.2) is 0 Å². The number of rotatable bonds is 10. The summed E-state index contributed by atoms with van der Waals surface area (Å²) in [5.41, 5.74) is 8.93. The molecule has 6 nitrogen and oxygen atoms in total. The number of methoxy groups -OCH3 is 1. The lowest BCUT2D eigenvalue weighted by Crippen LogP contribution is -2.27. The Labute approximate surface area is 261 Å². The molecule has 2 aromatic heterocycles. The van der Waals surface area contributed by atoms with Crippen molar-refractivity contribution in [2.24, 2.45) is 5.92 Å². The number of thiophene rings is 1. The Balaban J connectivity index is 1.56. The first kappa shape index (κ1) is 29.9. The molecule has 2 N–H and O–H groups in total. The largest absolute Gasteiger partial charge is 0.490 e. The summed E-state index contributed by atoms with van der Waals surface area (Å²) in [5.74, 6) is -0.0312. The Morgan fingerprint density at radius 2 is 1.89 bits per heavy atom. The van der Waals surface area contributed by atoms with Crippen LogP contribution >= 0.6 is 11.3 Å². The van der Waals surface area contributed by atoms with E-state index in [0.717, 1.165) is 68.8 Å². The second-order valence-electron chi connectivity index (χ2n) is 11.3. The van der Waals surface area contributed by atoms with Gasteiger partial charge in [-0.1, -0.05) is 44.2 Å². The lowest BCUT2D eigenvalue weighted by Gasteiger charge is -2.20. The van der Waals surface area contributed by atoms with E-state index in [0.29, 0.717) is 18.9 Å². The van der Waals surface area contributed by atoms with Crippen molar-refractivity contribution in [1.82, 2.24) is 15.6 Å². The first-order chi connectivity index (χ1) is 21.4. The summed E-state index contributed by atoms with van der Waals surface area (Å²) in [6.07, 6.45) is 0.975. The van der Waals surface area contributed by atoms with Gasteiger partial charge >= 0.3 is 0 Å². The van der Waals surface area contributed by atoms with Crippen LogP contribution in [0.4, 0.5) is 4.39 Å². The average molecular weight is 610 g/mol. The van der Waals surface area contributed by atoms with Crippen LogP contribution in [0.1, 0.15) is 30.5 Å². The predicted octanol–water partition coefficient (Wildman–Crippen LogP) is 7.38. The fourth-order valence-corrected chi connectivity index (χ4v) is 6.56. The van der Waals surface area contributed by atoms with Crippen molar-refractivity contribution in [2.75, 3.05) is 26.9 Å². The van der Waals surface area contributed by atoms with Gasteiger partial charge in [-0.25, -0.2) is 9.37 Å². The maximum absolute atomic E-state index is 14.6.